The number of hydrogen-bond acceptors (Lipinski definition) is 2. The van der Waals surface area contributed by atoms with E-state index in [1.54, 1.807) is 0 Å². The van der Waals surface area contributed by atoms with Crippen molar-refractivity contribution in [3.05, 3.63) is 0 Å². The largest absolute Gasteiger partial charge is 0.370 e. The molecule has 0 amide bonds. The Bertz CT molecular complexity index is 74.9. The summed E-state index contributed by atoms with van der Waals surface area (Å²) in [5.41, 5.74) is 5.31. The van der Waals surface area contributed by atoms with Gasteiger partial charge in [-0.1, -0.05) is 6.92 Å². The van der Waals surface area contributed by atoms with E-state index in [9.17, 15) is 0 Å². The first-order valence-electron chi connectivity index (χ1n) is 3.24. The van der Waals surface area contributed by atoms with Crippen LogP contribution >= 0.6 is 0 Å². The zero-order chi connectivity index (χ0) is 5.98. The van der Waals surface area contributed by atoms with Crippen molar-refractivity contribution in [1.82, 2.24) is 0 Å². The summed E-state index contributed by atoms with van der Waals surface area (Å²) in [5.74, 6) is 0. The van der Waals surface area contributed by atoms with Crippen molar-refractivity contribution in [2.24, 2.45) is 5.73 Å². The van der Waals surface area contributed by atoms with Crippen LogP contribution in [0.1, 0.15) is 19.8 Å². The number of rotatable bonds is 3. The lowest BCUT2D eigenvalue weighted by atomic mass is 10.2. The van der Waals surface area contributed by atoms with E-state index in [0.29, 0.717) is 12.2 Å². The number of nitrogens with two attached hydrogens (primary N) is 1. The Labute approximate surface area is 50.0 Å². The Morgan fingerprint density at radius 3 is 2.62 bits per heavy atom. The highest BCUT2D eigenvalue weighted by Crippen LogP contribution is 2.26. The molecule has 0 unspecified atom stereocenters. The molecule has 0 saturated carbocycles. The molecule has 0 radical (unpaired) electrons. The SMILES string of the molecule is CC[C@@H]1O[C@H]1CCN. The first-order valence-corrected chi connectivity index (χ1v) is 3.24. The van der Waals surface area contributed by atoms with Crippen molar-refractivity contribution < 1.29 is 4.74 Å². The average Bonchev–Trinajstić information content (AvgIpc) is 2.48. The maximum atomic E-state index is 5.31. The Balaban J connectivity index is 1.99. The van der Waals surface area contributed by atoms with Gasteiger partial charge in [0.2, 0.25) is 0 Å². The molecule has 0 aromatic heterocycles. The van der Waals surface area contributed by atoms with Gasteiger partial charge in [0.15, 0.2) is 0 Å². The second kappa shape index (κ2) is 2.46. The molecule has 0 aliphatic carbocycles. The highest BCUT2D eigenvalue weighted by Gasteiger charge is 2.35. The summed E-state index contributed by atoms with van der Waals surface area (Å²) in [5, 5.41) is 0. The van der Waals surface area contributed by atoms with Gasteiger partial charge >= 0.3 is 0 Å². The molecule has 2 nitrogen and oxygen atoms in total. The van der Waals surface area contributed by atoms with E-state index in [4.69, 9.17) is 10.5 Å². The molecule has 8 heavy (non-hydrogen) atoms. The molecule has 1 heterocycles. The van der Waals surface area contributed by atoms with E-state index in [2.05, 4.69) is 6.92 Å². The van der Waals surface area contributed by atoms with Crippen molar-refractivity contribution in [2.75, 3.05) is 6.54 Å². The summed E-state index contributed by atoms with van der Waals surface area (Å²) in [6, 6.07) is 0. The van der Waals surface area contributed by atoms with E-state index in [1.807, 2.05) is 0 Å². The number of hydrogen-bond donors (Lipinski definition) is 1. The van der Waals surface area contributed by atoms with E-state index in [1.165, 1.54) is 0 Å². The van der Waals surface area contributed by atoms with Crippen molar-refractivity contribution in [1.29, 1.82) is 0 Å². The summed E-state index contributed by atoms with van der Waals surface area (Å²) in [7, 11) is 0. The third-order valence-electron chi connectivity index (χ3n) is 1.54. The Morgan fingerprint density at radius 1 is 1.50 bits per heavy atom. The Kier molecular flexibility index (Phi) is 1.86. The van der Waals surface area contributed by atoms with Gasteiger partial charge in [-0.25, -0.2) is 0 Å². The van der Waals surface area contributed by atoms with Crippen LogP contribution in [0, 0.1) is 0 Å². The highest BCUT2D eigenvalue weighted by atomic mass is 16.6. The minimum absolute atomic E-state index is 0.505. The van der Waals surface area contributed by atoms with Gasteiger partial charge in [0.05, 0.1) is 12.2 Å². The van der Waals surface area contributed by atoms with Gasteiger partial charge in [-0.05, 0) is 19.4 Å². The van der Waals surface area contributed by atoms with Crippen molar-refractivity contribution in [3.8, 4) is 0 Å². The molecule has 0 bridgehead atoms. The van der Waals surface area contributed by atoms with Crippen LogP contribution in [0.2, 0.25) is 0 Å². The first-order chi connectivity index (χ1) is 3.88. The molecular formula is C6H13NO. The lowest BCUT2D eigenvalue weighted by Crippen LogP contribution is -2.04. The van der Waals surface area contributed by atoms with Crippen LogP contribution in [0.15, 0.2) is 0 Å². The van der Waals surface area contributed by atoms with Crippen molar-refractivity contribution in [2.45, 2.75) is 32.0 Å². The molecule has 1 saturated heterocycles. The fraction of sp³-hybridized carbons (Fsp3) is 1.00. The van der Waals surface area contributed by atoms with E-state index >= 15 is 0 Å². The molecule has 1 fully saturated rings. The summed E-state index contributed by atoms with van der Waals surface area (Å²) in [6.45, 7) is 2.91. The number of ether oxygens (including phenoxy) is 1. The molecule has 1 rings (SSSR count). The quantitative estimate of drug-likeness (QED) is 0.544. The van der Waals surface area contributed by atoms with Crippen molar-refractivity contribution in [3.63, 3.8) is 0 Å². The maximum Gasteiger partial charge on any atom is 0.0853 e. The fourth-order valence-electron chi connectivity index (χ4n) is 0.956. The van der Waals surface area contributed by atoms with E-state index in [-0.39, 0.29) is 0 Å². The van der Waals surface area contributed by atoms with Crippen LogP contribution in [0.25, 0.3) is 0 Å². The fourth-order valence-corrected chi connectivity index (χ4v) is 0.956. The Hall–Kier alpha value is -0.0800. The van der Waals surface area contributed by atoms with E-state index < -0.39 is 0 Å². The predicted octanol–water partition coefficient (Wildman–Crippen LogP) is 0.513. The second-order valence-electron chi connectivity index (χ2n) is 2.20. The average molecular weight is 115 g/mol. The molecule has 0 spiro atoms. The van der Waals surface area contributed by atoms with Crippen LogP contribution in [0.5, 0.6) is 0 Å². The van der Waals surface area contributed by atoms with Crippen LogP contribution in [-0.4, -0.2) is 18.8 Å². The number of epoxide rings is 1. The molecule has 2 atom stereocenters. The molecule has 1 aliphatic heterocycles. The van der Waals surface area contributed by atoms with Gasteiger partial charge in [-0.3, -0.25) is 0 Å². The van der Waals surface area contributed by atoms with Gasteiger partial charge in [-0.15, -0.1) is 0 Å². The van der Waals surface area contributed by atoms with Gasteiger partial charge in [0, 0.05) is 0 Å². The topological polar surface area (TPSA) is 38.5 Å². The van der Waals surface area contributed by atoms with Gasteiger partial charge < -0.3 is 10.5 Å². The second-order valence-corrected chi connectivity index (χ2v) is 2.20. The maximum absolute atomic E-state index is 5.31. The zero-order valence-corrected chi connectivity index (χ0v) is 5.26. The zero-order valence-electron chi connectivity index (χ0n) is 5.26. The molecule has 0 aromatic carbocycles. The smallest absolute Gasteiger partial charge is 0.0853 e. The Morgan fingerprint density at radius 2 is 2.25 bits per heavy atom. The molecule has 48 valence electrons. The standard InChI is InChI=1S/C6H13NO/c1-2-5-6(8-5)3-4-7/h5-6H,2-4,7H2,1H3/t5-,6-/m0/s1. The lowest BCUT2D eigenvalue weighted by Gasteiger charge is -1.84. The monoisotopic (exact) mass is 115 g/mol. The van der Waals surface area contributed by atoms with Crippen molar-refractivity contribution >= 4 is 0 Å². The van der Waals surface area contributed by atoms with E-state index in [0.717, 1.165) is 19.4 Å². The van der Waals surface area contributed by atoms with Crippen LogP contribution < -0.4 is 5.73 Å². The molecule has 0 aromatic rings. The summed E-state index contributed by atoms with van der Waals surface area (Å²) in [6.07, 6.45) is 3.23. The third kappa shape index (κ3) is 1.20. The minimum Gasteiger partial charge on any atom is -0.370 e. The minimum atomic E-state index is 0.505. The molecule has 2 heteroatoms. The summed E-state index contributed by atoms with van der Waals surface area (Å²) in [4.78, 5) is 0. The summed E-state index contributed by atoms with van der Waals surface area (Å²) >= 11 is 0. The van der Waals surface area contributed by atoms with Crippen LogP contribution in [-0.2, 0) is 4.74 Å². The molecule has 1 aliphatic rings. The van der Waals surface area contributed by atoms with Crippen LogP contribution in [0.3, 0.4) is 0 Å². The lowest BCUT2D eigenvalue weighted by molar-refractivity contribution is 0.361. The van der Waals surface area contributed by atoms with Gasteiger partial charge in [0.1, 0.15) is 0 Å². The molecule has 2 N–H and O–H groups in total. The summed E-state index contributed by atoms with van der Waals surface area (Å²) < 4.78 is 5.23. The van der Waals surface area contributed by atoms with Gasteiger partial charge in [-0.2, -0.15) is 0 Å². The molecular weight excluding hydrogens is 102 g/mol. The van der Waals surface area contributed by atoms with Gasteiger partial charge in [0.25, 0.3) is 0 Å². The normalized spacial score (nSPS) is 35.2. The first kappa shape index (κ1) is 6.05. The van der Waals surface area contributed by atoms with Crippen LogP contribution in [0.4, 0.5) is 0 Å². The third-order valence-corrected chi connectivity index (χ3v) is 1.54. The highest BCUT2D eigenvalue weighted by molar-refractivity contribution is 4.82. The predicted molar refractivity (Wildman–Crippen MR) is 32.6 cm³/mol.